The van der Waals surface area contributed by atoms with Crippen molar-refractivity contribution < 1.29 is 13.2 Å². The monoisotopic (exact) mass is 430 g/mol. The van der Waals surface area contributed by atoms with Gasteiger partial charge >= 0.3 is 0 Å². The molecule has 2 heterocycles. The highest BCUT2D eigenvalue weighted by Gasteiger charge is 2.30. The quantitative estimate of drug-likeness (QED) is 0.721. The van der Waals surface area contributed by atoms with Gasteiger partial charge in [0.15, 0.2) is 0 Å². The second kappa shape index (κ2) is 10.5. The Bertz CT molecular complexity index is 724. The van der Waals surface area contributed by atoms with Gasteiger partial charge in [-0.1, -0.05) is 30.3 Å². The summed E-state index contributed by atoms with van der Waals surface area (Å²) >= 11 is 0. The molecule has 3 rings (SSSR count). The Morgan fingerprint density at radius 3 is 2.43 bits per heavy atom. The van der Waals surface area contributed by atoms with Crippen LogP contribution in [-0.2, 0) is 20.6 Å². The van der Waals surface area contributed by atoms with Crippen molar-refractivity contribution in [1.82, 2.24) is 19.4 Å². The van der Waals surface area contributed by atoms with Gasteiger partial charge in [-0.3, -0.25) is 9.69 Å². The summed E-state index contributed by atoms with van der Waals surface area (Å²) in [5, 5.41) is 3.29. The van der Waals surface area contributed by atoms with Crippen molar-refractivity contribution in [3.05, 3.63) is 35.9 Å². The average Bonchev–Trinajstić information content (AvgIpc) is 2.68. The molecule has 1 N–H and O–H groups in total. The Morgan fingerprint density at radius 1 is 1.11 bits per heavy atom. The summed E-state index contributed by atoms with van der Waals surface area (Å²) in [5.74, 6) is 0.118. The predicted molar refractivity (Wildman–Crippen MR) is 113 cm³/mol. The van der Waals surface area contributed by atoms with Gasteiger partial charge in [0, 0.05) is 38.8 Å². The molecular weight excluding hydrogens is 400 g/mol. The van der Waals surface area contributed by atoms with Crippen molar-refractivity contribution >= 4 is 28.3 Å². The molecule has 0 aliphatic carbocycles. The lowest BCUT2D eigenvalue weighted by Gasteiger charge is -2.37. The first-order valence-electron chi connectivity index (χ1n) is 9.67. The molecule has 1 unspecified atom stereocenters. The minimum Gasteiger partial charge on any atom is -0.339 e. The number of likely N-dealkylation sites (tertiary alicyclic amines) is 1. The summed E-state index contributed by atoms with van der Waals surface area (Å²) in [5.41, 5.74) is 0.792. The van der Waals surface area contributed by atoms with Gasteiger partial charge in [-0.25, -0.2) is 8.42 Å². The van der Waals surface area contributed by atoms with Crippen molar-refractivity contribution in [1.29, 1.82) is 0 Å². The fraction of sp³-hybridized carbons (Fsp3) is 0.632. The van der Waals surface area contributed by atoms with Crippen LogP contribution in [0.25, 0.3) is 0 Å². The predicted octanol–water partition coefficient (Wildman–Crippen LogP) is 0.766. The summed E-state index contributed by atoms with van der Waals surface area (Å²) < 4.78 is 26.8. The van der Waals surface area contributed by atoms with E-state index in [0.29, 0.717) is 38.8 Å². The second-order valence-electron chi connectivity index (χ2n) is 7.38. The van der Waals surface area contributed by atoms with Crippen LogP contribution in [-0.4, -0.2) is 87.3 Å². The number of rotatable bonds is 6. The number of halogens is 1. The molecule has 0 saturated carbocycles. The Labute approximate surface area is 174 Å². The maximum absolute atomic E-state index is 12.6. The van der Waals surface area contributed by atoms with Gasteiger partial charge in [-0.05, 0) is 32.0 Å². The molecule has 0 bridgehead atoms. The van der Waals surface area contributed by atoms with Gasteiger partial charge < -0.3 is 10.2 Å². The van der Waals surface area contributed by atoms with E-state index in [9.17, 15) is 13.2 Å². The van der Waals surface area contributed by atoms with Crippen molar-refractivity contribution in [3.8, 4) is 0 Å². The number of hydrogen-bond acceptors (Lipinski definition) is 5. The summed E-state index contributed by atoms with van der Waals surface area (Å²) in [7, 11) is -1.38. The van der Waals surface area contributed by atoms with Crippen LogP contribution < -0.4 is 5.32 Å². The fourth-order valence-corrected chi connectivity index (χ4v) is 5.33. The highest BCUT2D eigenvalue weighted by molar-refractivity contribution is 7.88. The van der Waals surface area contributed by atoms with E-state index in [1.165, 1.54) is 4.31 Å². The zero-order valence-corrected chi connectivity index (χ0v) is 18.1. The Hall–Kier alpha value is -1.19. The number of amides is 1. The van der Waals surface area contributed by atoms with Crippen molar-refractivity contribution in [2.24, 2.45) is 0 Å². The maximum Gasteiger partial charge on any atom is 0.236 e. The van der Waals surface area contributed by atoms with Crippen LogP contribution in [0.4, 0.5) is 0 Å². The number of carbonyl (C=O) groups excluding carboxylic acids is 1. The number of benzene rings is 1. The normalized spacial score (nSPS) is 21.9. The number of likely N-dealkylation sites (N-methyl/N-ethyl adjacent to an activating group) is 1. The van der Waals surface area contributed by atoms with Gasteiger partial charge in [-0.2, -0.15) is 4.31 Å². The Kier molecular flexibility index (Phi) is 8.70. The first kappa shape index (κ1) is 23.1. The fourth-order valence-electron chi connectivity index (χ4n) is 3.82. The molecule has 2 aliphatic heterocycles. The number of sulfonamides is 1. The van der Waals surface area contributed by atoms with Crippen LogP contribution in [0.3, 0.4) is 0 Å². The number of carbonyl (C=O) groups is 1. The molecule has 0 radical (unpaired) electrons. The van der Waals surface area contributed by atoms with Gasteiger partial charge in [0.25, 0.3) is 0 Å². The van der Waals surface area contributed by atoms with E-state index in [1.54, 1.807) is 4.90 Å². The minimum atomic E-state index is -3.35. The van der Waals surface area contributed by atoms with Gasteiger partial charge in [-0.15, -0.1) is 12.4 Å². The highest BCUT2D eigenvalue weighted by Crippen LogP contribution is 2.15. The Morgan fingerprint density at radius 2 is 1.79 bits per heavy atom. The largest absolute Gasteiger partial charge is 0.339 e. The van der Waals surface area contributed by atoms with Crippen molar-refractivity contribution in [3.63, 3.8) is 0 Å². The average molecular weight is 431 g/mol. The highest BCUT2D eigenvalue weighted by atomic mass is 35.5. The van der Waals surface area contributed by atoms with Gasteiger partial charge in [0.1, 0.15) is 0 Å². The molecule has 1 atom stereocenters. The molecule has 28 heavy (non-hydrogen) atoms. The van der Waals surface area contributed by atoms with Crippen LogP contribution in [0.5, 0.6) is 0 Å². The molecule has 0 aromatic heterocycles. The van der Waals surface area contributed by atoms with E-state index in [0.717, 1.165) is 31.5 Å². The van der Waals surface area contributed by atoms with E-state index < -0.39 is 10.0 Å². The van der Waals surface area contributed by atoms with Crippen molar-refractivity contribution in [2.75, 3.05) is 52.9 Å². The molecule has 2 saturated heterocycles. The number of nitrogens with one attached hydrogen (secondary N) is 1. The Balaban J connectivity index is 0.00000280. The summed E-state index contributed by atoms with van der Waals surface area (Å²) in [6, 6.07) is 9.68. The number of piperazine rings is 1. The molecule has 1 aromatic carbocycles. The van der Waals surface area contributed by atoms with Crippen LogP contribution in [0.15, 0.2) is 30.3 Å². The minimum absolute atomic E-state index is 0. The van der Waals surface area contributed by atoms with E-state index >= 15 is 0 Å². The lowest BCUT2D eigenvalue weighted by atomic mass is 10.1. The van der Waals surface area contributed by atoms with Crippen molar-refractivity contribution in [2.45, 2.75) is 24.6 Å². The summed E-state index contributed by atoms with van der Waals surface area (Å²) in [6.45, 7) is 3.96. The summed E-state index contributed by atoms with van der Waals surface area (Å²) in [6.07, 6.45) is 2.25. The maximum atomic E-state index is 12.6. The molecular formula is C19H31ClN4O3S. The van der Waals surface area contributed by atoms with E-state index in [2.05, 4.69) is 10.2 Å². The molecule has 7 nitrogen and oxygen atoms in total. The molecule has 158 valence electrons. The molecule has 2 aliphatic rings. The summed E-state index contributed by atoms with van der Waals surface area (Å²) in [4.78, 5) is 16.6. The van der Waals surface area contributed by atoms with Gasteiger partial charge in [0.2, 0.25) is 15.9 Å². The molecule has 2 fully saturated rings. The topological polar surface area (TPSA) is 73.0 Å². The van der Waals surface area contributed by atoms with Crippen LogP contribution in [0.1, 0.15) is 18.4 Å². The lowest BCUT2D eigenvalue weighted by molar-refractivity contribution is -0.133. The zero-order chi connectivity index (χ0) is 19.3. The van der Waals surface area contributed by atoms with E-state index in [4.69, 9.17) is 0 Å². The third-order valence-electron chi connectivity index (χ3n) is 5.45. The number of nitrogens with zero attached hydrogens (tertiary/aromatic N) is 3. The van der Waals surface area contributed by atoms with Gasteiger partial charge in [0.05, 0.1) is 12.3 Å². The van der Waals surface area contributed by atoms with E-state index in [-0.39, 0.29) is 24.1 Å². The lowest BCUT2D eigenvalue weighted by Crippen LogP contribution is -2.54. The first-order valence-corrected chi connectivity index (χ1v) is 11.3. The third-order valence-corrected chi connectivity index (χ3v) is 7.30. The number of hydrogen-bond donors (Lipinski definition) is 1. The third kappa shape index (κ3) is 6.15. The standard InChI is InChI=1S/C19H30N4O3S.ClH/c1-20-18-8-5-9-21(14-18)15-19(24)22-10-12-23(13-11-22)27(25,26)16-17-6-3-2-4-7-17;/h2-4,6-7,18,20H,5,8-16H2,1H3;1H. The first-order chi connectivity index (χ1) is 13.0. The second-order valence-corrected chi connectivity index (χ2v) is 9.35. The molecule has 9 heteroatoms. The van der Waals surface area contributed by atoms with Crippen LogP contribution >= 0.6 is 12.4 Å². The molecule has 0 spiro atoms. The van der Waals surface area contributed by atoms with Crippen LogP contribution in [0, 0.1) is 0 Å². The smallest absolute Gasteiger partial charge is 0.236 e. The molecule has 1 aromatic rings. The molecule has 1 amide bonds. The SMILES string of the molecule is CNC1CCCN(CC(=O)N2CCN(S(=O)(=O)Cc3ccccc3)CC2)C1.Cl. The number of piperidine rings is 1. The zero-order valence-electron chi connectivity index (χ0n) is 16.4. The van der Waals surface area contributed by atoms with E-state index in [1.807, 2.05) is 37.4 Å². The van der Waals surface area contributed by atoms with Crippen LogP contribution in [0.2, 0.25) is 0 Å².